The predicted octanol–water partition coefficient (Wildman–Crippen LogP) is 2.88. The van der Waals surface area contributed by atoms with E-state index in [9.17, 15) is 4.79 Å². The van der Waals surface area contributed by atoms with E-state index in [2.05, 4.69) is 5.32 Å². The lowest BCUT2D eigenvalue weighted by Crippen LogP contribution is -2.21. The minimum Gasteiger partial charge on any atom is -0.399 e. The maximum Gasteiger partial charge on any atom is 0.219 e. The fourth-order valence-electron chi connectivity index (χ4n) is 1.87. The maximum absolute atomic E-state index is 10.9. The van der Waals surface area contributed by atoms with Crippen LogP contribution in [-0.2, 0) is 11.3 Å². The first kappa shape index (κ1) is 19.2. The van der Waals surface area contributed by atoms with Crippen LogP contribution in [0.5, 0.6) is 0 Å². The van der Waals surface area contributed by atoms with Crippen LogP contribution < -0.4 is 16.8 Å². The predicted molar refractivity (Wildman–Crippen MR) is 99.9 cm³/mol. The second kappa shape index (κ2) is 9.35. The fourth-order valence-corrected chi connectivity index (χ4v) is 1.87. The van der Waals surface area contributed by atoms with Gasteiger partial charge in [0.05, 0.1) is 0 Å². The highest BCUT2D eigenvalue weighted by Gasteiger charge is 1.97. The molecule has 5 nitrogen and oxygen atoms in total. The topological polar surface area (TPSA) is 105 Å². The molecule has 0 bridgehead atoms. The summed E-state index contributed by atoms with van der Waals surface area (Å²) in [6, 6.07) is 13.2. The van der Waals surface area contributed by atoms with Gasteiger partial charge in [0.25, 0.3) is 0 Å². The molecule has 0 heterocycles. The molecule has 0 unspecified atom stereocenters. The fraction of sp³-hybridized carbons (Fsp3) is 0.263. The van der Waals surface area contributed by atoms with Crippen molar-refractivity contribution in [1.29, 1.82) is 5.41 Å². The van der Waals surface area contributed by atoms with Crippen molar-refractivity contribution in [3.8, 4) is 0 Å². The molecule has 2 aromatic rings. The normalized spacial score (nSPS) is 9.62. The minimum absolute atomic E-state index is 0.0665. The number of amides is 1. The Morgan fingerprint density at radius 1 is 1.08 bits per heavy atom. The number of nitrogen functional groups attached to an aromatic ring is 2. The minimum atomic E-state index is 0.0665. The maximum atomic E-state index is 10.9. The molecule has 0 aliphatic heterocycles. The third kappa shape index (κ3) is 6.52. The molecule has 0 spiro atoms. The van der Waals surface area contributed by atoms with Gasteiger partial charge in [-0.2, -0.15) is 0 Å². The smallest absolute Gasteiger partial charge is 0.219 e. The number of hydrogen-bond donors (Lipinski definition) is 4. The van der Waals surface area contributed by atoms with E-state index in [0.717, 1.165) is 16.8 Å². The Kier molecular flexibility index (Phi) is 7.49. The number of anilines is 1. The van der Waals surface area contributed by atoms with E-state index in [0.29, 0.717) is 13.0 Å². The highest BCUT2D eigenvalue weighted by molar-refractivity contribution is 5.95. The van der Waals surface area contributed by atoms with Crippen molar-refractivity contribution in [1.82, 2.24) is 5.32 Å². The van der Waals surface area contributed by atoms with Gasteiger partial charge < -0.3 is 16.8 Å². The summed E-state index contributed by atoms with van der Waals surface area (Å²) in [7, 11) is 0. The van der Waals surface area contributed by atoms with Gasteiger partial charge in [-0.25, -0.2) is 0 Å². The monoisotopic (exact) mass is 326 g/mol. The Morgan fingerprint density at radius 3 is 2.21 bits per heavy atom. The molecule has 2 rings (SSSR count). The van der Waals surface area contributed by atoms with Crippen molar-refractivity contribution in [2.24, 2.45) is 5.73 Å². The summed E-state index contributed by atoms with van der Waals surface area (Å²) < 4.78 is 0. The number of nitrogens with one attached hydrogen (secondary N) is 2. The summed E-state index contributed by atoms with van der Waals surface area (Å²) in [5.41, 5.74) is 15.9. The number of hydrogen-bond acceptors (Lipinski definition) is 3. The highest BCUT2D eigenvalue weighted by Crippen LogP contribution is 2.08. The summed E-state index contributed by atoms with van der Waals surface area (Å²) in [5.74, 6) is 0.199. The second-order valence-electron chi connectivity index (χ2n) is 5.58. The van der Waals surface area contributed by atoms with E-state index >= 15 is 0 Å². The molecule has 0 fully saturated rings. The first-order valence-corrected chi connectivity index (χ1v) is 7.86. The van der Waals surface area contributed by atoms with Crippen LogP contribution >= 0.6 is 0 Å². The molecule has 0 aromatic heterocycles. The molecule has 24 heavy (non-hydrogen) atoms. The molecule has 0 saturated carbocycles. The van der Waals surface area contributed by atoms with Gasteiger partial charge in [0, 0.05) is 24.2 Å². The van der Waals surface area contributed by atoms with Gasteiger partial charge in [0.2, 0.25) is 5.91 Å². The Balaban J connectivity index is 0.000000243. The number of benzene rings is 2. The van der Waals surface area contributed by atoms with Gasteiger partial charge in [-0.05, 0) is 48.7 Å². The molecule has 128 valence electrons. The molecule has 0 atom stereocenters. The summed E-state index contributed by atoms with van der Waals surface area (Å²) in [6.45, 7) is 6.46. The Morgan fingerprint density at radius 2 is 1.71 bits per heavy atom. The van der Waals surface area contributed by atoms with Crippen LogP contribution in [0, 0.1) is 19.3 Å². The van der Waals surface area contributed by atoms with E-state index in [4.69, 9.17) is 16.9 Å². The van der Waals surface area contributed by atoms with E-state index < -0.39 is 0 Å². The van der Waals surface area contributed by atoms with Crippen LogP contribution in [0.3, 0.4) is 0 Å². The molecule has 1 amide bonds. The number of carbonyl (C=O) groups excluding carboxylic acids is 1. The van der Waals surface area contributed by atoms with Crippen molar-refractivity contribution in [2.75, 3.05) is 5.73 Å². The lowest BCUT2D eigenvalue weighted by molar-refractivity contribution is -0.120. The van der Waals surface area contributed by atoms with E-state index in [-0.39, 0.29) is 11.7 Å². The molecule has 0 saturated heterocycles. The van der Waals surface area contributed by atoms with Crippen molar-refractivity contribution in [2.45, 2.75) is 33.7 Å². The SMILES string of the molecule is CCC(=O)NCc1ccc(N)cc1.Cc1ccc(C(=N)N)cc1C. The summed E-state index contributed by atoms with van der Waals surface area (Å²) in [6.07, 6.45) is 0.523. The second-order valence-corrected chi connectivity index (χ2v) is 5.58. The first-order valence-electron chi connectivity index (χ1n) is 7.86. The number of nitrogens with two attached hydrogens (primary N) is 2. The van der Waals surface area contributed by atoms with Crippen LogP contribution in [0.15, 0.2) is 42.5 Å². The quantitative estimate of drug-likeness (QED) is 0.394. The molecule has 6 N–H and O–H groups in total. The van der Waals surface area contributed by atoms with Crippen LogP contribution in [0.4, 0.5) is 5.69 Å². The van der Waals surface area contributed by atoms with Gasteiger partial charge in [-0.3, -0.25) is 10.2 Å². The zero-order valence-corrected chi connectivity index (χ0v) is 14.5. The van der Waals surface area contributed by atoms with Crippen molar-refractivity contribution in [3.05, 3.63) is 64.7 Å². The number of rotatable bonds is 4. The zero-order chi connectivity index (χ0) is 18.1. The van der Waals surface area contributed by atoms with E-state index in [1.54, 1.807) is 0 Å². The summed E-state index contributed by atoms with van der Waals surface area (Å²) in [5, 5.41) is 9.97. The molecule has 2 aromatic carbocycles. The summed E-state index contributed by atoms with van der Waals surface area (Å²) >= 11 is 0. The largest absolute Gasteiger partial charge is 0.399 e. The van der Waals surface area contributed by atoms with E-state index in [1.165, 1.54) is 11.1 Å². The Bertz CT molecular complexity index is 693. The number of amidine groups is 1. The zero-order valence-electron chi connectivity index (χ0n) is 14.5. The highest BCUT2D eigenvalue weighted by atomic mass is 16.1. The van der Waals surface area contributed by atoms with Gasteiger partial charge >= 0.3 is 0 Å². The third-order valence-electron chi connectivity index (χ3n) is 3.61. The number of aryl methyl sites for hydroxylation is 2. The van der Waals surface area contributed by atoms with Crippen LogP contribution in [0.2, 0.25) is 0 Å². The van der Waals surface area contributed by atoms with E-state index in [1.807, 2.05) is 63.2 Å². The van der Waals surface area contributed by atoms with Crippen LogP contribution in [-0.4, -0.2) is 11.7 Å². The summed E-state index contributed by atoms with van der Waals surface area (Å²) in [4.78, 5) is 10.9. The average molecular weight is 326 g/mol. The van der Waals surface area contributed by atoms with Crippen molar-refractivity contribution in [3.63, 3.8) is 0 Å². The molecule has 0 aliphatic rings. The molecular weight excluding hydrogens is 300 g/mol. The van der Waals surface area contributed by atoms with Crippen molar-refractivity contribution < 1.29 is 4.79 Å². The van der Waals surface area contributed by atoms with Crippen LogP contribution in [0.25, 0.3) is 0 Å². The first-order chi connectivity index (χ1) is 11.3. The molecular formula is C19H26N4O. The van der Waals surface area contributed by atoms with Gasteiger partial charge in [-0.1, -0.05) is 31.2 Å². The standard InChI is InChI=1S/C10H14N2O.C9H12N2/c1-2-10(13)12-7-8-3-5-9(11)6-4-8;1-6-3-4-8(9(10)11)5-7(6)2/h3-6H,2,7,11H2,1H3,(H,12,13);3-5H,1-2H3,(H3,10,11). The number of carbonyl (C=O) groups is 1. The molecule has 0 aliphatic carbocycles. The third-order valence-corrected chi connectivity index (χ3v) is 3.61. The lowest BCUT2D eigenvalue weighted by atomic mass is 10.1. The lowest BCUT2D eigenvalue weighted by Gasteiger charge is -2.03. The molecule has 0 radical (unpaired) electrons. The average Bonchev–Trinajstić information content (AvgIpc) is 2.57. The van der Waals surface area contributed by atoms with Crippen molar-refractivity contribution >= 4 is 17.4 Å². The van der Waals surface area contributed by atoms with Crippen LogP contribution in [0.1, 0.15) is 35.6 Å². The van der Waals surface area contributed by atoms with Gasteiger partial charge in [-0.15, -0.1) is 0 Å². The Hall–Kier alpha value is -2.82. The van der Waals surface area contributed by atoms with Gasteiger partial charge in [0.1, 0.15) is 5.84 Å². The Labute approximate surface area is 143 Å². The molecule has 5 heteroatoms. The van der Waals surface area contributed by atoms with Gasteiger partial charge in [0.15, 0.2) is 0 Å².